The van der Waals surface area contributed by atoms with Crippen LogP contribution in [0.4, 0.5) is 6.01 Å². The summed E-state index contributed by atoms with van der Waals surface area (Å²) in [5.41, 5.74) is 1.03. The summed E-state index contributed by atoms with van der Waals surface area (Å²) in [5.74, 6) is 0.373. The Labute approximate surface area is 153 Å². The predicted octanol–water partition coefficient (Wildman–Crippen LogP) is 3.52. The highest BCUT2D eigenvalue weighted by molar-refractivity contribution is 6.04. The summed E-state index contributed by atoms with van der Waals surface area (Å²) in [7, 11) is 1.54. The van der Waals surface area contributed by atoms with E-state index in [4.69, 9.17) is 13.6 Å². The maximum Gasteiger partial charge on any atom is 0.322 e. The topological polar surface area (TPSA) is 108 Å². The number of aromatic nitrogens is 4. The fourth-order valence-electron chi connectivity index (χ4n) is 2.58. The molecule has 9 nitrogen and oxygen atoms in total. The summed E-state index contributed by atoms with van der Waals surface area (Å²) in [6.07, 6.45) is 1.82. The highest BCUT2D eigenvalue weighted by Gasteiger charge is 2.18. The van der Waals surface area contributed by atoms with Gasteiger partial charge in [-0.3, -0.25) is 14.8 Å². The molecule has 0 aliphatic carbocycles. The van der Waals surface area contributed by atoms with E-state index in [2.05, 4.69) is 20.6 Å². The number of fused-ring (bicyclic) bond motifs is 1. The van der Waals surface area contributed by atoms with E-state index in [9.17, 15) is 4.79 Å². The third-order valence-corrected chi connectivity index (χ3v) is 3.95. The van der Waals surface area contributed by atoms with Crippen LogP contribution in [-0.4, -0.2) is 33.0 Å². The first-order valence-corrected chi connectivity index (χ1v) is 8.32. The van der Waals surface area contributed by atoms with Gasteiger partial charge in [0.15, 0.2) is 17.1 Å². The van der Waals surface area contributed by atoms with Gasteiger partial charge in [-0.1, -0.05) is 17.2 Å². The number of anilines is 1. The molecule has 3 heterocycles. The number of hydrogen-bond acceptors (Lipinski definition) is 7. The number of rotatable bonds is 5. The lowest BCUT2D eigenvalue weighted by Gasteiger charge is -2.02. The third kappa shape index (κ3) is 3.14. The van der Waals surface area contributed by atoms with Crippen LogP contribution >= 0.6 is 0 Å². The van der Waals surface area contributed by atoms with Crippen molar-refractivity contribution in [2.24, 2.45) is 0 Å². The van der Waals surface area contributed by atoms with Crippen molar-refractivity contribution in [2.75, 3.05) is 12.4 Å². The summed E-state index contributed by atoms with van der Waals surface area (Å²) in [6, 6.07) is 8.97. The van der Waals surface area contributed by atoms with Crippen LogP contribution in [0.2, 0.25) is 0 Å². The molecule has 0 bridgehead atoms. The molecule has 0 unspecified atom stereocenters. The number of carbonyl (C=O) groups excluding carboxylic acids is 1. The van der Waals surface area contributed by atoms with Crippen LogP contribution in [0.3, 0.4) is 0 Å². The van der Waals surface area contributed by atoms with Crippen LogP contribution in [-0.2, 0) is 0 Å². The summed E-state index contributed by atoms with van der Waals surface area (Å²) in [4.78, 5) is 12.4. The van der Waals surface area contributed by atoms with Crippen molar-refractivity contribution in [2.45, 2.75) is 19.9 Å². The summed E-state index contributed by atoms with van der Waals surface area (Å²) >= 11 is 0. The molecule has 0 spiro atoms. The molecule has 0 saturated heterocycles. The number of carbonyl (C=O) groups is 1. The molecular weight excluding hydrogens is 350 g/mol. The second-order valence-electron chi connectivity index (χ2n) is 6.13. The molecular formula is C18H17N5O4. The molecule has 9 heteroatoms. The number of nitrogens with zero attached hydrogens (tertiary/aromatic N) is 4. The highest BCUT2D eigenvalue weighted by Crippen LogP contribution is 2.29. The monoisotopic (exact) mass is 367 g/mol. The van der Waals surface area contributed by atoms with Crippen molar-refractivity contribution >= 4 is 22.9 Å². The fourth-order valence-corrected chi connectivity index (χ4v) is 2.58. The van der Waals surface area contributed by atoms with Crippen LogP contribution in [0.5, 0.6) is 5.75 Å². The highest BCUT2D eigenvalue weighted by atomic mass is 16.5. The Morgan fingerprint density at radius 1 is 1.22 bits per heavy atom. The van der Waals surface area contributed by atoms with Gasteiger partial charge in [-0.2, -0.15) is 5.10 Å². The normalized spacial score (nSPS) is 11.3. The van der Waals surface area contributed by atoms with Crippen molar-refractivity contribution in [3.63, 3.8) is 0 Å². The summed E-state index contributed by atoms with van der Waals surface area (Å²) in [6.45, 7) is 4.02. The minimum absolute atomic E-state index is 0.0403. The lowest BCUT2D eigenvalue weighted by Crippen LogP contribution is -2.10. The van der Waals surface area contributed by atoms with Crippen LogP contribution in [0, 0.1) is 0 Å². The van der Waals surface area contributed by atoms with E-state index in [-0.39, 0.29) is 23.7 Å². The number of methoxy groups -OCH3 is 1. The van der Waals surface area contributed by atoms with Crippen molar-refractivity contribution in [1.29, 1.82) is 0 Å². The lowest BCUT2D eigenvalue weighted by atomic mass is 10.2. The Bertz CT molecular complexity index is 1110. The number of benzene rings is 1. The molecule has 138 valence electrons. The van der Waals surface area contributed by atoms with E-state index in [1.807, 2.05) is 32.2 Å². The Morgan fingerprint density at radius 3 is 2.81 bits per heavy atom. The van der Waals surface area contributed by atoms with Crippen LogP contribution in [0.15, 0.2) is 45.4 Å². The van der Waals surface area contributed by atoms with Gasteiger partial charge in [0, 0.05) is 17.6 Å². The number of furan rings is 1. The third-order valence-electron chi connectivity index (χ3n) is 3.95. The molecule has 1 aromatic carbocycles. The molecule has 0 atom stereocenters. The van der Waals surface area contributed by atoms with Crippen LogP contribution in [0.25, 0.3) is 22.6 Å². The van der Waals surface area contributed by atoms with Gasteiger partial charge in [-0.15, -0.1) is 5.10 Å². The van der Waals surface area contributed by atoms with E-state index in [1.54, 1.807) is 22.9 Å². The fraction of sp³-hybridized carbons (Fsp3) is 0.222. The van der Waals surface area contributed by atoms with E-state index < -0.39 is 5.91 Å². The van der Waals surface area contributed by atoms with Crippen molar-refractivity contribution < 1.29 is 18.4 Å². The minimum Gasteiger partial charge on any atom is -0.493 e. The molecule has 1 N–H and O–H groups in total. The Kier molecular flexibility index (Phi) is 4.11. The van der Waals surface area contributed by atoms with E-state index in [0.29, 0.717) is 17.0 Å². The lowest BCUT2D eigenvalue weighted by molar-refractivity contribution is 0.0995. The largest absolute Gasteiger partial charge is 0.493 e. The SMILES string of the molecule is COc1cccc2cc(C(=O)Nc3nnc(-c4ccn(C(C)C)n4)o3)oc12. The number of ether oxygens (including phenoxy) is 1. The average Bonchev–Trinajstić information content (AvgIpc) is 3.39. The first-order chi connectivity index (χ1) is 13.0. The summed E-state index contributed by atoms with van der Waals surface area (Å²) < 4.78 is 18.1. The van der Waals surface area contributed by atoms with Gasteiger partial charge in [0.25, 0.3) is 11.8 Å². The smallest absolute Gasteiger partial charge is 0.322 e. The van der Waals surface area contributed by atoms with Crippen LogP contribution in [0.1, 0.15) is 30.4 Å². The van der Waals surface area contributed by atoms with E-state index in [1.165, 1.54) is 7.11 Å². The molecule has 0 fully saturated rings. The van der Waals surface area contributed by atoms with E-state index in [0.717, 1.165) is 5.39 Å². The van der Waals surface area contributed by atoms with Gasteiger partial charge in [0.2, 0.25) is 0 Å². The summed E-state index contributed by atoms with van der Waals surface area (Å²) in [5, 5.41) is 15.4. The van der Waals surface area contributed by atoms with Gasteiger partial charge in [0.1, 0.15) is 5.69 Å². The molecule has 0 aliphatic heterocycles. The maximum absolute atomic E-state index is 12.4. The first kappa shape index (κ1) is 16.8. The van der Waals surface area contributed by atoms with Gasteiger partial charge in [0.05, 0.1) is 7.11 Å². The molecule has 1 amide bonds. The predicted molar refractivity (Wildman–Crippen MR) is 96.6 cm³/mol. The molecule has 4 rings (SSSR count). The molecule has 0 saturated carbocycles. The number of hydrogen-bond donors (Lipinski definition) is 1. The molecule has 3 aromatic heterocycles. The van der Waals surface area contributed by atoms with Gasteiger partial charge >= 0.3 is 6.01 Å². The quantitative estimate of drug-likeness (QED) is 0.575. The van der Waals surface area contributed by atoms with Crippen molar-refractivity contribution in [3.05, 3.63) is 42.3 Å². The number of amides is 1. The van der Waals surface area contributed by atoms with Gasteiger partial charge in [-0.05, 0) is 32.0 Å². The Balaban J connectivity index is 1.54. The van der Waals surface area contributed by atoms with Crippen LogP contribution < -0.4 is 10.1 Å². The second kappa shape index (κ2) is 6.60. The zero-order chi connectivity index (χ0) is 19.0. The maximum atomic E-state index is 12.4. The zero-order valence-electron chi connectivity index (χ0n) is 15.0. The molecule has 0 radical (unpaired) electrons. The molecule has 27 heavy (non-hydrogen) atoms. The average molecular weight is 367 g/mol. The Hall–Kier alpha value is -3.62. The standard InChI is InChI=1S/C18H17N5O4/c1-10(2)23-8-7-12(22-23)17-20-21-18(27-17)19-16(24)14-9-11-5-4-6-13(25-3)15(11)26-14/h4-10H,1-3H3,(H,19,21,24). The molecule has 0 aliphatic rings. The van der Waals surface area contributed by atoms with Crippen molar-refractivity contribution in [3.8, 4) is 17.3 Å². The second-order valence-corrected chi connectivity index (χ2v) is 6.13. The molecule has 4 aromatic rings. The van der Waals surface area contributed by atoms with Gasteiger partial charge < -0.3 is 13.6 Å². The zero-order valence-corrected chi connectivity index (χ0v) is 15.0. The van der Waals surface area contributed by atoms with E-state index >= 15 is 0 Å². The Morgan fingerprint density at radius 2 is 2.07 bits per heavy atom. The van der Waals surface area contributed by atoms with Gasteiger partial charge in [-0.25, -0.2) is 0 Å². The first-order valence-electron chi connectivity index (χ1n) is 8.32. The number of para-hydroxylation sites is 1. The number of nitrogens with one attached hydrogen (secondary N) is 1. The minimum atomic E-state index is -0.504. The van der Waals surface area contributed by atoms with Crippen molar-refractivity contribution in [1.82, 2.24) is 20.0 Å².